The van der Waals surface area contributed by atoms with Crippen molar-refractivity contribution in [1.82, 2.24) is 0 Å². The van der Waals surface area contributed by atoms with Crippen molar-refractivity contribution >= 4 is 0 Å². The molecule has 0 saturated heterocycles. The molecular formula is C12H22O2. The minimum Gasteiger partial charge on any atom is -0.368 e. The Morgan fingerprint density at radius 2 is 1.36 bits per heavy atom. The lowest BCUT2D eigenvalue weighted by atomic mass is 10.2. The molecule has 0 aliphatic carbocycles. The molecule has 82 valence electrons. The van der Waals surface area contributed by atoms with Crippen LogP contribution in [0.5, 0.6) is 0 Å². The predicted molar refractivity (Wildman–Crippen MR) is 59.9 cm³/mol. The van der Waals surface area contributed by atoms with E-state index in [0.717, 1.165) is 19.3 Å². The van der Waals surface area contributed by atoms with Crippen LogP contribution in [0, 0.1) is 0 Å². The van der Waals surface area contributed by atoms with Gasteiger partial charge in [-0.3, -0.25) is 0 Å². The normalized spacial score (nSPS) is 12.3. The first-order chi connectivity index (χ1) is 6.77. The van der Waals surface area contributed by atoms with E-state index < -0.39 is 6.29 Å². The van der Waals surface area contributed by atoms with Crippen LogP contribution in [0.1, 0.15) is 45.4 Å². The molecule has 0 spiro atoms. The first-order valence-corrected chi connectivity index (χ1v) is 5.43. The van der Waals surface area contributed by atoms with E-state index in [2.05, 4.69) is 25.2 Å². The molecule has 0 fully saturated rings. The van der Waals surface area contributed by atoms with Gasteiger partial charge in [-0.2, -0.15) is 0 Å². The first-order valence-electron chi connectivity index (χ1n) is 5.43. The second kappa shape index (κ2) is 10.5. The molecule has 0 saturated carbocycles. The molecule has 2 nitrogen and oxygen atoms in total. The van der Waals surface area contributed by atoms with Gasteiger partial charge in [0.25, 0.3) is 0 Å². The van der Waals surface area contributed by atoms with E-state index in [-0.39, 0.29) is 0 Å². The van der Waals surface area contributed by atoms with E-state index >= 15 is 0 Å². The summed E-state index contributed by atoms with van der Waals surface area (Å²) in [5.41, 5.74) is 0. The SMILES string of the molecule is CCC/C=C/CC/C=C/CCC(O)O. The molecule has 0 atom stereocenters. The highest BCUT2D eigenvalue weighted by Crippen LogP contribution is 1.99. The van der Waals surface area contributed by atoms with Gasteiger partial charge in [0.05, 0.1) is 0 Å². The van der Waals surface area contributed by atoms with Crippen molar-refractivity contribution in [3.8, 4) is 0 Å². The lowest BCUT2D eigenvalue weighted by molar-refractivity contribution is -0.0442. The zero-order valence-corrected chi connectivity index (χ0v) is 9.02. The van der Waals surface area contributed by atoms with Gasteiger partial charge in [0.1, 0.15) is 0 Å². The summed E-state index contributed by atoms with van der Waals surface area (Å²) in [4.78, 5) is 0. The molecule has 2 heteroatoms. The Morgan fingerprint density at radius 1 is 0.857 bits per heavy atom. The smallest absolute Gasteiger partial charge is 0.151 e. The molecular weight excluding hydrogens is 176 g/mol. The number of allylic oxidation sites excluding steroid dienone is 4. The van der Waals surface area contributed by atoms with Crippen molar-refractivity contribution in [2.75, 3.05) is 0 Å². The third-order valence-corrected chi connectivity index (χ3v) is 1.88. The van der Waals surface area contributed by atoms with Gasteiger partial charge in [0.15, 0.2) is 6.29 Å². The van der Waals surface area contributed by atoms with E-state index in [0.29, 0.717) is 6.42 Å². The summed E-state index contributed by atoms with van der Waals surface area (Å²) in [5.74, 6) is 0. The van der Waals surface area contributed by atoms with Crippen LogP contribution in [0.15, 0.2) is 24.3 Å². The molecule has 0 aliphatic heterocycles. The molecule has 0 aliphatic rings. The standard InChI is InChI=1S/C12H22O2/c1-2-3-4-5-6-7-8-9-10-11-12(13)14/h4-5,8-9,12-14H,2-3,6-7,10-11H2,1H3/b5-4+,9-8+. The fourth-order valence-electron chi connectivity index (χ4n) is 1.08. The summed E-state index contributed by atoms with van der Waals surface area (Å²) in [7, 11) is 0. The third kappa shape index (κ3) is 11.4. The average Bonchev–Trinajstić information content (AvgIpc) is 2.15. The predicted octanol–water partition coefficient (Wildman–Crippen LogP) is 2.77. The summed E-state index contributed by atoms with van der Waals surface area (Å²) < 4.78 is 0. The monoisotopic (exact) mass is 198 g/mol. The fourth-order valence-corrected chi connectivity index (χ4v) is 1.08. The van der Waals surface area contributed by atoms with Crippen LogP contribution in [-0.4, -0.2) is 16.5 Å². The lowest BCUT2D eigenvalue weighted by Crippen LogP contribution is -2.01. The van der Waals surface area contributed by atoms with Gasteiger partial charge in [-0.25, -0.2) is 0 Å². The number of hydrogen-bond donors (Lipinski definition) is 2. The number of aliphatic hydroxyl groups excluding tert-OH is 1. The molecule has 0 unspecified atom stereocenters. The molecule has 0 rings (SSSR count). The highest BCUT2D eigenvalue weighted by molar-refractivity contribution is 4.87. The van der Waals surface area contributed by atoms with Crippen LogP contribution in [0.25, 0.3) is 0 Å². The summed E-state index contributed by atoms with van der Waals surface area (Å²) in [5, 5.41) is 17.1. The minimum atomic E-state index is -1.16. The Kier molecular flexibility index (Phi) is 10.0. The third-order valence-electron chi connectivity index (χ3n) is 1.88. The fraction of sp³-hybridized carbons (Fsp3) is 0.667. The molecule has 0 aromatic carbocycles. The zero-order chi connectivity index (χ0) is 10.6. The Labute approximate surface area is 87.0 Å². The van der Waals surface area contributed by atoms with Crippen LogP contribution < -0.4 is 0 Å². The Morgan fingerprint density at radius 3 is 1.86 bits per heavy atom. The Bertz CT molecular complexity index is 160. The average molecular weight is 198 g/mol. The van der Waals surface area contributed by atoms with E-state index in [1.807, 2.05) is 6.08 Å². The van der Waals surface area contributed by atoms with E-state index in [1.165, 1.54) is 12.8 Å². The van der Waals surface area contributed by atoms with Crippen molar-refractivity contribution in [2.24, 2.45) is 0 Å². The number of hydrogen-bond acceptors (Lipinski definition) is 2. The minimum absolute atomic E-state index is 0.433. The maximum atomic E-state index is 8.56. The summed E-state index contributed by atoms with van der Waals surface area (Å²) >= 11 is 0. The van der Waals surface area contributed by atoms with Crippen LogP contribution in [-0.2, 0) is 0 Å². The zero-order valence-electron chi connectivity index (χ0n) is 9.02. The Hall–Kier alpha value is -0.600. The molecule has 0 bridgehead atoms. The topological polar surface area (TPSA) is 40.5 Å². The molecule has 0 aromatic rings. The van der Waals surface area contributed by atoms with Gasteiger partial charge in [-0.05, 0) is 25.7 Å². The number of aliphatic hydroxyl groups is 2. The van der Waals surface area contributed by atoms with Crippen LogP contribution >= 0.6 is 0 Å². The van der Waals surface area contributed by atoms with Gasteiger partial charge in [-0.1, -0.05) is 37.6 Å². The van der Waals surface area contributed by atoms with Crippen molar-refractivity contribution in [3.05, 3.63) is 24.3 Å². The molecule has 14 heavy (non-hydrogen) atoms. The lowest BCUT2D eigenvalue weighted by Gasteiger charge is -1.97. The molecule has 0 radical (unpaired) electrons. The van der Waals surface area contributed by atoms with Gasteiger partial charge >= 0.3 is 0 Å². The summed E-state index contributed by atoms with van der Waals surface area (Å²) in [6.07, 6.45) is 13.0. The first kappa shape index (κ1) is 13.4. The van der Waals surface area contributed by atoms with Crippen LogP contribution in [0.4, 0.5) is 0 Å². The largest absolute Gasteiger partial charge is 0.368 e. The summed E-state index contributed by atoms with van der Waals surface area (Å²) in [6.45, 7) is 2.17. The van der Waals surface area contributed by atoms with Gasteiger partial charge in [0, 0.05) is 6.42 Å². The second-order valence-electron chi connectivity index (χ2n) is 3.37. The molecule has 0 amide bonds. The van der Waals surface area contributed by atoms with Crippen molar-refractivity contribution in [3.63, 3.8) is 0 Å². The number of rotatable bonds is 8. The van der Waals surface area contributed by atoms with Gasteiger partial charge in [0.2, 0.25) is 0 Å². The summed E-state index contributed by atoms with van der Waals surface area (Å²) in [6, 6.07) is 0. The van der Waals surface area contributed by atoms with E-state index in [4.69, 9.17) is 10.2 Å². The maximum absolute atomic E-state index is 8.56. The number of unbranched alkanes of at least 4 members (excludes halogenated alkanes) is 2. The van der Waals surface area contributed by atoms with Crippen molar-refractivity contribution in [1.29, 1.82) is 0 Å². The van der Waals surface area contributed by atoms with Crippen LogP contribution in [0.2, 0.25) is 0 Å². The van der Waals surface area contributed by atoms with Crippen molar-refractivity contribution in [2.45, 2.75) is 51.7 Å². The van der Waals surface area contributed by atoms with E-state index in [9.17, 15) is 0 Å². The van der Waals surface area contributed by atoms with E-state index in [1.54, 1.807) is 0 Å². The molecule has 0 aromatic heterocycles. The second-order valence-corrected chi connectivity index (χ2v) is 3.37. The van der Waals surface area contributed by atoms with Crippen LogP contribution in [0.3, 0.4) is 0 Å². The quantitative estimate of drug-likeness (QED) is 0.358. The molecule has 0 heterocycles. The van der Waals surface area contributed by atoms with Gasteiger partial charge < -0.3 is 10.2 Å². The Balaban J connectivity index is 3.18. The maximum Gasteiger partial charge on any atom is 0.151 e. The highest BCUT2D eigenvalue weighted by Gasteiger charge is 1.91. The molecule has 2 N–H and O–H groups in total. The highest BCUT2D eigenvalue weighted by atomic mass is 16.5. The van der Waals surface area contributed by atoms with Gasteiger partial charge in [-0.15, -0.1) is 0 Å². The van der Waals surface area contributed by atoms with Crippen molar-refractivity contribution < 1.29 is 10.2 Å².